The van der Waals surface area contributed by atoms with E-state index in [0.29, 0.717) is 23.6 Å². The molecule has 0 unspecified atom stereocenters. The summed E-state index contributed by atoms with van der Waals surface area (Å²) < 4.78 is 1.42. The van der Waals surface area contributed by atoms with Crippen LogP contribution in [-0.2, 0) is 10.2 Å². The maximum absolute atomic E-state index is 12.7. The highest BCUT2D eigenvalue weighted by Crippen LogP contribution is 2.34. The number of nitro groups is 1. The molecule has 0 saturated carbocycles. The number of non-ortho nitro benzene ring substituents is 1. The first-order chi connectivity index (χ1) is 23.0. The van der Waals surface area contributed by atoms with Crippen molar-refractivity contribution in [3.05, 3.63) is 39.0 Å². The number of fused-ring (bicyclic) bond motifs is 1. The minimum absolute atomic E-state index is 0.0283. The maximum atomic E-state index is 12.7. The minimum atomic E-state index is -0.528. The van der Waals surface area contributed by atoms with Crippen LogP contribution in [0.1, 0.15) is 136 Å². The second kappa shape index (κ2) is 20.0. The lowest BCUT2D eigenvalue weighted by atomic mass is 9.92. The van der Waals surface area contributed by atoms with Crippen LogP contribution in [0.25, 0.3) is 17.0 Å². The molecule has 0 atom stereocenters. The van der Waals surface area contributed by atoms with Crippen LogP contribution < -0.4 is 16.0 Å². The molecule has 0 bridgehead atoms. The first-order valence-electron chi connectivity index (χ1n) is 17.8. The molecule has 12 nitrogen and oxygen atoms in total. The van der Waals surface area contributed by atoms with Gasteiger partial charge in [0, 0.05) is 37.1 Å². The smallest absolute Gasteiger partial charge is 0.319 e. The van der Waals surface area contributed by atoms with Crippen molar-refractivity contribution in [2.45, 2.75) is 136 Å². The zero-order valence-corrected chi connectivity index (χ0v) is 30.0. The second-order valence-electron chi connectivity index (χ2n) is 13.6. The third kappa shape index (κ3) is 12.7. The molecule has 48 heavy (non-hydrogen) atoms. The quantitative estimate of drug-likeness (QED) is 0.0469. The number of amides is 3. The molecule has 3 amide bonds. The second-order valence-corrected chi connectivity index (χ2v) is 14.0. The van der Waals surface area contributed by atoms with Crippen LogP contribution >= 0.6 is 11.6 Å². The van der Waals surface area contributed by atoms with Crippen LogP contribution in [0.3, 0.4) is 0 Å². The monoisotopic (exact) mass is 686 g/mol. The SMILES string of the molecule is CCCCCCCCCCCCCCCCCC(=O)NCCNC(=O)Nc1ccc([N+](=O)[O-])cc1-c1nc2c(Cl)c(C(C)(C)C)[nH]n2n1. The van der Waals surface area contributed by atoms with E-state index >= 15 is 0 Å². The van der Waals surface area contributed by atoms with E-state index < -0.39 is 11.0 Å². The van der Waals surface area contributed by atoms with E-state index in [2.05, 4.69) is 38.1 Å². The predicted molar refractivity (Wildman–Crippen MR) is 193 cm³/mol. The van der Waals surface area contributed by atoms with Gasteiger partial charge in [0.2, 0.25) is 5.91 Å². The van der Waals surface area contributed by atoms with Crippen molar-refractivity contribution in [1.29, 1.82) is 0 Å². The lowest BCUT2D eigenvalue weighted by Gasteiger charge is -2.16. The molecule has 2 heterocycles. The lowest BCUT2D eigenvalue weighted by Crippen LogP contribution is -2.36. The van der Waals surface area contributed by atoms with Gasteiger partial charge in [0.1, 0.15) is 5.02 Å². The largest absolute Gasteiger partial charge is 0.354 e. The summed E-state index contributed by atoms with van der Waals surface area (Å²) in [6, 6.07) is 3.51. The molecule has 0 aliphatic rings. The van der Waals surface area contributed by atoms with Gasteiger partial charge in [-0.3, -0.25) is 20.0 Å². The van der Waals surface area contributed by atoms with Crippen LogP contribution in [0.15, 0.2) is 18.2 Å². The van der Waals surface area contributed by atoms with Crippen LogP contribution in [0.5, 0.6) is 0 Å². The topological polar surface area (TPSA) is 159 Å². The van der Waals surface area contributed by atoms with Crippen molar-refractivity contribution in [2.24, 2.45) is 0 Å². The van der Waals surface area contributed by atoms with Crippen molar-refractivity contribution in [1.82, 2.24) is 30.4 Å². The highest BCUT2D eigenvalue weighted by atomic mass is 35.5. The highest BCUT2D eigenvalue weighted by Gasteiger charge is 2.25. The van der Waals surface area contributed by atoms with Crippen LogP contribution in [-0.4, -0.2) is 49.8 Å². The maximum Gasteiger partial charge on any atom is 0.319 e. The molecule has 1 aromatic carbocycles. The van der Waals surface area contributed by atoms with Gasteiger partial charge >= 0.3 is 6.03 Å². The molecule has 0 saturated heterocycles. The molecule has 3 aromatic rings. The number of halogens is 1. The fourth-order valence-electron chi connectivity index (χ4n) is 5.64. The number of aromatic nitrogens is 4. The van der Waals surface area contributed by atoms with E-state index in [9.17, 15) is 19.7 Å². The molecule has 13 heteroatoms. The van der Waals surface area contributed by atoms with Crippen molar-refractivity contribution in [3.8, 4) is 11.4 Å². The first-order valence-corrected chi connectivity index (χ1v) is 18.1. The summed E-state index contributed by atoms with van der Waals surface area (Å²) in [7, 11) is 0. The molecule has 2 aromatic heterocycles. The van der Waals surface area contributed by atoms with Crippen molar-refractivity contribution in [3.63, 3.8) is 0 Å². The van der Waals surface area contributed by atoms with Gasteiger partial charge in [-0.2, -0.15) is 4.63 Å². The standard InChI is InChI=1S/C35H55ClN8O4/c1-5-6-7-8-9-10-11-12-13-14-15-16-17-18-19-20-29(45)37-23-24-38-34(46)39-28-22-21-26(44(47)48)25-27(28)32-40-33-30(36)31(35(2,3)4)41-43(33)42-32/h21-22,25,41H,5-20,23-24H2,1-4H3,(H,37,45)(H2,38,39,46). The number of aromatic amines is 1. The Balaban J connectivity index is 1.33. The molecule has 4 N–H and O–H groups in total. The molecule has 0 fully saturated rings. The predicted octanol–water partition coefficient (Wildman–Crippen LogP) is 9.08. The number of benzene rings is 1. The summed E-state index contributed by atoms with van der Waals surface area (Å²) >= 11 is 6.56. The van der Waals surface area contributed by atoms with E-state index in [1.54, 1.807) is 0 Å². The summed E-state index contributed by atoms with van der Waals surface area (Å²) in [6.07, 6.45) is 19.7. The van der Waals surface area contributed by atoms with E-state index in [1.807, 2.05) is 20.8 Å². The number of nitrogens with zero attached hydrogens (tertiary/aromatic N) is 4. The van der Waals surface area contributed by atoms with Gasteiger partial charge in [-0.1, -0.05) is 129 Å². The first kappa shape index (κ1) is 38.8. The number of urea groups is 1. The number of nitrogens with one attached hydrogen (secondary N) is 4. The summed E-state index contributed by atoms with van der Waals surface area (Å²) in [4.78, 5) is 40.4. The summed E-state index contributed by atoms with van der Waals surface area (Å²) in [6.45, 7) is 8.77. The van der Waals surface area contributed by atoms with Gasteiger partial charge in [-0.05, 0) is 12.5 Å². The van der Waals surface area contributed by atoms with E-state index in [4.69, 9.17) is 11.6 Å². The molecule has 3 rings (SSSR count). The van der Waals surface area contributed by atoms with Crippen molar-refractivity contribution in [2.75, 3.05) is 18.4 Å². The van der Waals surface area contributed by atoms with Crippen molar-refractivity contribution < 1.29 is 14.5 Å². The molecule has 0 spiro atoms. The Hall–Kier alpha value is -3.67. The van der Waals surface area contributed by atoms with Crippen LogP contribution in [0.4, 0.5) is 16.2 Å². The van der Waals surface area contributed by atoms with Gasteiger partial charge in [0.15, 0.2) is 11.5 Å². The molecule has 0 aliphatic heterocycles. The average molecular weight is 687 g/mol. The van der Waals surface area contributed by atoms with Crippen molar-refractivity contribution >= 4 is 40.6 Å². The number of H-pyrrole nitrogens is 1. The molecular formula is C35H55ClN8O4. The zero-order valence-electron chi connectivity index (χ0n) is 29.3. The number of nitro benzene ring substituents is 1. The van der Waals surface area contributed by atoms with Gasteiger partial charge in [-0.25, -0.2) is 9.78 Å². The Kier molecular flexibility index (Phi) is 16.1. The molecular weight excluding hydrogens is 632 g/mol. The Morgan fingerprint density at radius 3 is 2.00 bits per heavy atom. The minimum Gasteiger partial charge on any atom is -0.354 e. The Bertz CT molecular complexity index is 1460. The van der Waals surface area contributed by atoms with Crippen LogP contribution in [0.2, 0.25) is 5.02 Å². The van der Waals surface area contributed by atoms with E-state index in [1.165, 1.54) is 99.9 Å². The zero-order chi connectivity index (χ0) is 34.9. The number of anilines is 1. The Labute approximate surface area is 289 Å². The molecule has 266 valence electrons. The number of carbonyl (C=O) groups excluding carboxylic acids is 2. The third-order valence-electron chi connectivity index (χ3n) is 8.43. The normalized spacial score (nSPS) is 11.6. The van der Waals surface area contributed by atoms with E-state index in [0.717, 1.165) is 25.0 Å². The van der Waals surface area contributed by atoms with E-state index in [-0.39, 0.29) is 40.6 Å². The van der Waals surface area contributed by atoms with Gasteiger partial charge in [0.05, 0.1) is 21.9 Å². The Morgan fingerprint density at radius 1 is 0.896 bits per heavy atom. The highest BCUT2D eigenvalue weighted by molar-refractivity contribution is 6.34. The average Bonchev–Trinajstić information content (AvgIpc) is 3.60. The fourth-order valence-corrected chi connectivity index (χ4v) is 6.09. The fraction of sp³-hybridized carbons (Fsp3) is 0.657. The summed E-state index contributed by atoms with van der Waals surface area (Å²) in [5.41, 5.74) is 1.23. The lowest BCUT2D eigenvalue weighted by molar-refractivity contribution is -0.384. The third-order valence-corrected chi connectivity index (χ3v) is 8.79. The summed E-state index contributed by atoms with van der Waals surface area (Å²) in [5.74, 6) is 0.132. The number of hydrogen-bond donors (Lipinski definition) is 4. The number of rotatable bonds is 22. The number of hydrogen-bond acceptors (Lipinski definition) is 6. The van der Waals surface area contributed by atoms with Gasteiger partial charge in [-0.15, -0.1) is 5.10 Å². The molecule has 0 radical (unpaired) electrons. The molecule has 0 aliphatic carbocycles. The van der Waals surface area contributed by atoms with Gasteiger partial charge < -0.3 is 16.0 Å². The number of unbranched alkanes of at least 4 members (excludes halogenated alkanes) is 14. The number of carbonyl (C=O) groups is 2. The van der Waals surface area contributed by atoms with Gasteiger partial charge in [0.25, 0.3) is 5.69 Å². The Morgan fingerprint density at radius 2 is 1.46 bits per heavy atom. The summed E-state index contributed by atoms with van der Waals surface area (Å²) in [5, 5.41) is 27.7. The van der Waals surface area contributed by atoms with Crippen LogP contribution in [0, 0.1) is 10.1 Å².